The summed E-state index contributed by atoms with van der Waals surface area (Å²) >= 11 is 0. The number of fused-ring (bicyclic) bond motifs is 1. The minimum Gasteiger partial charge on any atom is -0.366 e. The summed E-state index contributed by atoms with van der Waals surface area (Å²) < 4.78 is 9.76. The lowest BCUT2D eigenvalue weighted by Crippen LogP contribution is -2.20. The van der Waals surface area contributed by atoms with E-state index in [-0.39, 0.29) is 0 Å². The summed E-state index contributed by atoms with van der Waals surface area (Å²) in [5, 5.41) is 8.60. The maximum Gasteiger partial charge on any atom is 0.159 e. The first-order chi connectivity index (χ1) is 7.42. The molecule has 0 spiro atoms. The average molecular weight is 230 g/mol. The molecular weight excluding hydrogens is 204 g/mol. The van der Waals surface area contributed by atoms with Crippen molar-refractivity contribution in [3.8, 4) is 0 Å². The Balaban J connectivity index is 0.000000254. The molecule has 0 bridgehead atoms. The number of hydrogen-bond donors (Lipinski definition) is 1. The van der Waals surface area contributed by atoms with E-state index in [0.29, 0.717) is 12.2 Å². The van der Waals surface area contributed by atoms with Crippen LogP contribution in [0.1, 0.15) is 47.5 Å². The van der Waals surface area contributed by atoms with Gasteiger partial charge < -0.3 is 14.6 Å². The molecule has 1 aliphatic heterocycles. The summed E-state index contributed by atoms with van der Waals surface area (Å²) in [6.45, 7) is 9.33. The normalized spacial score (nSPS) is 26.3. The van der Waals surface area contributed by atoms with E-state index in [1.54, 1.807) is 13.8 Å². The van der Waals surface area contributed by atoms with Crippen molar-refractivity contribution in [2.45, 2.75) is 65.5 Å². The molecule has 3 nitrogen and oxygen atoms in total. The Bertz CT molecular complexity index is 216. The zero-order chi connectivity index (χ0) is 12.8. The molecule has 0 aromatic heterocycles. The third-order valence-electron chi connectivity index (χ3n) is 2.39. The van der Waals surface area contributed by atoms with E-state index in [1.165, 1.54) is 25.5 Å². The Morgan fingerprint density at radius 2 is 1.94 bits per heavy atom. The molecule has 2 rings (SSSR count). The summed E-state index contributed by atoms with van der Waals surface area (Å²) in [6.07, 6.45) is 5.88. The second-order valence-corrected chi connectivity index (χ2v) is 4.34. The van der Waals surface area contributed by atoms with Crippen molar-refractivity contribution in [1.82, 2.24) is 0 Å². The summed E-state index contributed by atoms with van der Waals surface area (Å²) in [6, 6.07) is 0. The third kappa shape index (κ3) is 6.99. The Morgan fingerprint density at radius 1 is 1.44 bits per heavy atom. The average Bonchev–Trinajstić information content (AvgIpc) is 2.99. The number of ether oxygens (including phenoxy) is 2. The monoisotopic (exact) mass is 230 g/mol. The van der Waals surface area contributed by atoms with E-state index in [2.05, 4.69) is 17.7 Å². The van der Waals surface area contributed by atoms with Crippen LogP contribution in [0.3, 0.4) is 0 Å². The molecule has 1 fully saturated rings. The van der Waals surface area contributed by atoms with Gasteiger partial charge in [-0.15, -0.1) is 0 Å². The molecule has 16 heavy (non-hydrogen) atoms. The molecule has 1 saturated heterocycles. The van der Waals surface area contributed by atoms with Crippen LogP contribution in [-0.4, -0.2) is 30.2 Å². The minimum atomic E-state index is -0.958. The number of methoxy groups -OCH3 is 1. The van der Waals surface area contributed by atoms with Gasteiger partial charge in [0.2, 0.25) is 0 Å². The van der Waals surface area contributed by atoms with Crippen molar-refractivity contribution in [3.05, 3.63) is 11.6 Å². The standard InChI is InChI=1S/C7H10O.C4H10O2.C2H6/c1-5-2-3-6-7(4-5)8-6;1-4(2,5)6-3;1-2/h4,6-7H,2-3H2,1H3;5H,1-3H3;1-2H3. The maximum absolute atomic E-state index is 8.60. The molecule has 0 amide bonds. The quantitative estimate of drug-likeness (QED) is 0.428. The summed E-state index contributed by atoms with van der Waals surface area (Å²) in [5.74, 6) is -0.958. The Hall–Kier alpha value is -0.380. The second-order valence-electron chi connectivity index (χ2n) is 4.34. The van der Waals surface area contributed by atoms with Crippen molar-refractivity contribution in [3.63, 3.8) is 0 Å². The van der Waals surface area contributed by atoms with Crippen LogP contribution >= 0.6 is 0 Å². The third-order valence-corrected chi connectivity index (χ3v) is 2.39. The molecule has 2 atom stereocenters. The van der Waals surface area contributed by atoms with Gasteiger partial charge in [0.1, 0.15) is 6.10 Å². The van der Waals surface area contributed by atoms with Gasteiger partial charge in [-0.2, -0.15) is 0 Å². The summed E-state index contributed by atoms with van der Waals surface area (Å²) in [7, 11) is 1.46. The first kappa shape index (κ1) is 15.6. The molecule has 2 aliphatic rings. The highest BCUT2D eigenvalue weighted by atomic mass is 16.6. The van der Waals surface area contributed by atoms with E-state index in [0.717, 1.165) is 0 Å². The van der Waals surface area contributed by atoms with Crippen molar-refractivity contribution in [1.29, 1.82) is 0 Å². The fraction of sp³-hybridized carbons (Fsp3) is 0.846. The van der Waals surface area contributed by atoms with E-state index in [9.17, 15) is 0 Å². The number of aliphatic hydroxyl groups is 1. The van der Waals surface area contributed by atoms with Gasteiger partial charge in [0, 0.05) is 7.11 Å². The van der Waals surface area contributed by atoms with Crippen molar-refractivity contribution in [2.75, 3.05) is 7.11 Å². The fourth-order valence-electron chi connectivity index (χ4n) is 1.27. The van der Waals surface area contributed by atoms with E-state index in [4.69, 9.17) is 9.84 Å². The number of rotatable bonds is 1. The molecule has 2 unspecified atom stereocenters. The molecule has 0 radical (unpaired) electrons. The van der Waals surface area contributed by atoms with Crippen LogP contribution in [0.15, 0.2) is 11.6 Å². The molecule has 3 heteroatoms. The van der Waals surface area contributed by atoms with Gasteiger partial charge in [-0.3, -0.25) is 0 Å². The van der Waals surface area contributed by atoms with E-state index >= 15 is 0 Å². The first-order valence-corrected chi connectivity index (χ1v) is 6.02. The topological polar surface area (TPSA) is 42.0 Å². The predicted molar refractivity (Wildman–Crippen MR) is 66.3 cm³/mol. The lowest BCUT2D eigenvalue weighted by atomic mass is 10.0. The van der Waals surface area contributed by atoms with Crippen LogP contribution in [-0.2, 0) is 9.47 Å². The van der Waals surface area contributed by atoms with E-state index in [1.807, 2.05) is 13.8 Å². The molecule has 0 aromatic carbocycles. The molecule has 96 valence electrons. The van der Waals surface area contributed by atoms with Crippen LogP contribution in [0, 0.1) is 0 Å². The highest BCUT2D eigenvalue weighted by Gasteiger charge is 2.38. The van der Waals surface area contributed by atoms with Crippen LogP contribution in [0.25, 0.3) is 0 Å². The first-order valence-electron chi connectivity index (χ1n) is 6.02. The van der Waals surface area contributed by atoms with Gasteiger partial charge in [0.25, 0.3) is 0 Å². The van der Waals surface area contributed by atoms with Gasteiger partial charge >= 0.3 is 0 Å². The van der Waals surface area contributed by atoms with Crippen molar-refractivity contribution < 1.29 is 14.6 Å². The highest BCUT2D eigenvalue weighted by molar-refractivity contribution is 5.14. The number of allylic oxidation sites excluding steroid dienone is 1. The molecule has 0 aromatic rings. The smallest absolute Gasteiger partial charge is 0.159 e. The van der Waals surface area contributed by atoms with Gasteiger partial charge in [-0.05, 0) is 33.6 Å². The van der Waals surface area contributed by atoms with Gasteiger partial charge in [-0.1, -0.05) is 25.5 Å². The molecule has 1 aliphatic carbocycles. The minimum absolute atomic E-state index is 0.517. The Morgan fingerprint density at radius 3 is 2.25 bits per heavy atom. The fourth-order valence-corrected chi connectivity index (χ4v) is 1.27. The van der Waals surface area contributed by atoms with Gasteiger partial charge in [-0.25, -0.2) is 0 Å². The zero-order valence-corrected chi connectivity index (χ0v) is 11.4. The van der Waals surface area contributed by atoms with Crippen LogP contribution < -0.4 is 0 Å². The number of hydrogen-bond acceptors (Lipinski definition) is 3. The Labute approximate surface area is 99.5 Å². The number of epoxide rings is 1. The molecule has 1 heterocycles. The van der Waals surface area contributed by atoms with Crippen LogP contribution in [0.4, 0.5) is 0 Å². The molecule has 0 saturated carbocycles. The Kier molecular flexibility index (Phi) is 6.88. The SMILES string of the molecule is CC.CC1=CC2OC2CC1.COC(C)(C)O. The molecular formula is C13H26O3. The largest absolute Gasteiger partial charge is 0.366 e. The maximum atomic E-state index is 8.60. The van der Waals surface area contributed by atoms with Crippen LogP contribution in [0.5, 0.6) is 0 Å². The lowest BCUT2D eigenvalue weighted by Gasteiger charge is -2.12. The van der Waals surface area contributed by atoms with Gasteiger partial charge in [0.05, 0.1) is 6.10 Å². The van der Waals surface area contributed by atoms with Crippen molar-refractivity contribution in [2.24, 2.45) is 0 Å². The van der Waals surface area contributed by atoms with Crippen molar-refractivity contribution >= 4 is 0 Å². The van der Waals surface area contributed by atoms with Gasteiger partial charge in [0.15, 0.2) is 5.79 Å². The van der Waals surface area contributed by atoms with E-state index < -0.39 is 5.79 Å². The molecule has 1 N–H and O–H groups in total. The lowest BCUT2D eigenvalue weighted by molar-refractivity contribution is -0.155. The second kappa shape index (κ2) is 7.05. The summed E-state index contributed by atoms with van der Waals surface area (Å²) in [5.41, 5.74) is 1.50. The predicted octanol–water partition coefficient (Wildman–Crippen LogP) is 2.88. The summed E-state index contributed by atoms with van der Waals surface area (Å²) in [4.78, 5) is 0. The van der Waals surface area contributed by atoms with Crippen LogP contribution in [0.2, 0.25) is 0 Å². The highest BCUT2D eigenvalue weighted by Crippen LogP contribution is 2.34. The zero-order valence-electron chi connectivity index (χ0n) is 11.4.